The van der Waals surface area contributed by atoms with Crippen LogP contribution in [0.3, 0.4) is 0 Å². The molecular weight excluding hydrogens is 250 g/mol. The van der Waals surface area contributed by atoms with Gasteiger partial charge in [0.2, 0.25) is 0 Å². The first kappa shape index (κ1) is 14.3. The van der Waals surface area contributed by atoms with Crippen LogP contribution in [0.1, 0.15) is 11.3 Å². The van der Waals surface area contributed by atoms with Crippen molar-refractivity contribution >= 4 is 11.4 Å². The third-order valence-electron chi connectivity index (χ3n) is 3.27. The molecule has 1 heterocycles. The van der Waals surface area contributed by atoms with Gasteiger partial charge in [-0.3, -0.25) is 4.98 Å². The zero-order valence-corrected chi connectivity index (χ0v) is 12.5. The van der Waals surface area contributed by atoms with Gasteiger partial charge in [-0.25, -0.2) is 0 Å². The molecule has 0 unspecified atom stereocenters. The highest BCUT2D eigenvalue weighted by Crippen LogP contribution is 2.33. The smallest absolute Gasteiger partial charge is 0.142 e. The van der Waals surface area contributed by atoms with E-state index in [0.29, 0.717) is 0 Å². The first-order valence-electron chi connectivity index (χ1n) is 6.64. The molecule has 0 bridgehead atoms. The summed E-state index contributed by atoms with van der Waals surface area (Å²) >= 11 is 0. The number of aromatic nitrogens is 1. The molecule has 0 saturated heterocycles. The van der Waals surface area contributed by atoms with E-state index in [-0.39, 0.29) is 0 Å². The Hall–Kier alpha value is -2.07. The molecule has 0 fully saturated rings. The number of pyridine rings is 1. The first-order valence-corrected chi connectivity index (χ1v) is 6.64. The fourth-order valence-corrected chi connectivity index (χ4v) is 2.25. The number of hydrogen-bond donors (Lipinski definition) is 1. The van der Waals surface area contributed by atoms with Crippen molar-refractivity contribution in [2.45, 2.75) is 13.5 Å². The van der Waals surface area contributed by atoms with Crippen LogP contribution in [-0.4, -0.2) is 26.2 Å². The van der Waals surface area contributed by atoms with Crippen molar-refractivity contribution in [3.63, 3.8) is 0 Å². The minimum Gasteiger partial charge on any atom is -0.495 e. The molecule has 0 radical (unpaired) electrons. The summed E-state index contributed by atoms with van der Waals surface area (Å²) in [6, 6.07) is 10.1. The van der Waals surface area contributed by atoms with Gasteiger partial charge in [0.15, 0.2) is 0 Å². The molecule has 20 heavy (non-hydrogen) atoms. The average Bonchev–Trinajstić information content (AvgIpc) is 2.48. The summed E-state index contributed by atoms with van der Waals surface area (Å²) in [5.74, 6) is 0.861. The number of nitrogens with one attached hydrogen (secondary N) is 1. The maximum atomic E-state index is 5.45. The maximum Gasteiger partial charge on any atom is 0.142 e. The summed E-state index contributed by atoms with van der Waals surface area (Å²) in [5.41, 5.74) is 4.34. The van der Waals surface area contributed by atoms with Gasteiger partial charge in [-0.15, -0.1) is 0 Å². The number of ether oxygens (including phenoxy) is 1. The van der Waals surface area contributed by atoms with Crippen LogP contribution in [0.5, 0.6) is 5.75 Å². The van der Waals surface area contributed by atoms with Crippen molar-refractivity contribution in [3.8, 4) is 5.75 Å². The molecule has 1 aromatic carbocycles. The first-order chi connectivity index (χ1) is 9.67. The van der Waals surface area contributed by atoms with E-state index < -0.39 is 0 Å². The standard InChI is InChI=1S/C16H21N3O/c1-12-9-15(13(10-17-2)11-18-12)19(3)14-7-5-6-8-16(14)20-4/h5-9,11,17H,10H2,1-4H3. The van der Waals surface area contributed by atoms with Gasteiger partial charge in [0, 0.05) is 36.7 Å². The zero-order valence-electron chi connectivity index (χ0n) is 12.5. The lowest BCUT2D eigenvalue weighted by molar-refractivity contribution is 0.415. The predicted octanol–water partition coefficient (Wildman–Crippen LogP) is 2.89. The zero-order chi connectivity index (χ0) is 14.5. The quantitative estimate of drug-likeness (QED) is 0.907. The van der Waals surface area contributed by atoms with E-state index in [0.717, 1.165) is 34.9 Å². The minimum atomic E-state index is 0.780. The van der Waals surface area contributed by atoms with E-state index in [9.17, 15) is 0 Å². The summed E-state index contributed by atoms with van der Waals surface area (Å²) in [4.78, 5) is 6.52. The second-order valence-corrected chi connectivity index (χ2v) is 4.72. The average molecular weight is 271 g/mol. The molecule has 0 amide bonds. The summed E-state index contributed by atoms with van der Waals surface area (Å²) in [5, 5.41) is 3.18. The summed E-state index contributed by atoms with van der Waals surface area (Å²) in [7, 11) is 5.68. The Kier molecular flexibility index (Phi) is 4.58. The number of para-hydroxylation sites is 2. The Balaban J connectivity index is 2.46. The highest BCUT2D eigenvalue weighted by molar-refractivity contribution is 5.70. The summed E-state index contributed by atoms with van der Waals surface area (Å²) in [6.45, 7) is 2.78. The van der Waals surface area contributed by atoms with E-state index in [4.69, 9.17) is 4.74 Å². The molecule has 0 aliphatic heterocycles. The van der Waals surface area contributed by atoms with Crippen LogP contribution in [0.2, 0.25) is 0 Å². The second kappa shape index (κ2) is 6.39. The molecule has 0 aliphatic carbocycles. The second-order valence-electron chi connectivity index (χ2n) is 4.72. The third kappa shape index (κ3) is 2.91. The van der Waals surface area contributed by atoms with Gasteiger partial charge in [-0.1, -0.05) is 12.1 Å². The van der Waals surface area contributed by atoms with Crippen molar-refractivity contribution in [1.82, 2.24) is 10.3 Å². The van der Waals surface area contributed by atoms with Crippen LogP contribution in [0.25, 0.3) is 0 Å². The molecule has 0 spiro atoms. The fourth-order valence-electron chi connectivity index (χ4n) is 2.25. The Morgan fingerprint density at radius 3 is 2.70 bits per heavy atom. The Morgan fingerprint density at radius 1 is 1.25 bits per heavy atom. The van der Waals surface area contributed by atoms with E-state index in [1.807, 2.05) is 45.4 Å². The van der Waals surface area contributed by atoms with Crippen LogP contribution in [0.15, 0.2) is 36.5 Å². The van der Waals surface area contributed by atoms with Crippen LogP contribution in [0.4, 0.5) is 11.4 Å². The lowest BCUT2D eigenvalue weighted by atomic mass is 10.1. The van der Waals surface area contributed by atoms with Crippen molar-refractivity contribution in [2.75, 3.05) is 26.1 Å². The molecule has 2 rings (SSSR count). The van der Waals surface area contributed by atoms with Gasteiger partial charge in [0.1, 0.15) is 5.75 Å². The van der Waals surface area contributed by atoms with Gasteiger partial charge in [-0.2, -0.15) is 0 Å². The molecule has 0 aliphatic rings. The van der Waals surface area contributed by atoms with Gasteiger partial charge in [-0.05, 0) is 32.2 Å². The van der Waals surface area contributed by atoms with Crippen LogP contribution >= 0.6 is 0 Å². The number of aryl methyl sites for hydroxylation is 1. The van der Waals surface area contributed by atoms with Crippen LogP contribution < -0.4 is 15.0 Å². The molecule has 1 aromatic heterocycles. The molecule has 0 atom stereocenters. The maximum absolute atomic E-state index is 5.45. The van der Waals surface area contributed by atoms with Crippen LogP contribution in [-0.2, 0) is 6.54 Å². The van der Waals surface area contributed by atoms with Crippen LogP contribution in [0, 0.1) is 6.92 Å². The lowest BCUT2D eigenvalue weighted by Crippen LogP contribution is -2.16. The summed E-state index contributed by atoms with van der Waals surface area (Å²) in [6.07, 6.45) is 1.92. The molecule has 1 N–H and O–H groups in total. The largest absolute Gasteiger partial charge is 0.495 e. The van der Waals surface area contributed by atoms with Crippen molar-refractivity contribution < 1.29 is 4.74 Å². The third-order valence-corrected chi connectivity index (χ3v) is 3.27. The fraction of sp³-hybridized carbons (Fsp3) is 0.312. The van der Waals surface area contributed by atoms with E-state index in [1.165, 1.54) is 0 Å². The number of rotatable bonds is 5. The van der Waals surface area contributed by atoms with E-state index in [2.05, 4.69) is 27.3 Å². The van der Waals surface area contributed by atoms with E-state index in [1.54, 1.807) is 7.11 Å². The molecule has 2 aromatic rings. The molecule has 4 nitrogen and oxygen atoms in total. The molecule has 4 heteroatoms. The molecule has 0 saturated carbocycles. The van der Waals surface area contributed by atoms with Crippen molar-refractivity contribution in [2.24, 2.45) is 0 Å². The number of hydrogen-bond acceptors (Lipinski definition) is 4. The topological polar surface area (TPSA) is 37.4 Å². The normalized spacial score (nSPS) is 10.4. The summed E-state index contributed by atoms with van der Waals surface area (Å²) < 4.78 is 5.45. The minimum absolute atomic E-state index is 0.780. The lowest BCUT2D eigenvalue weighted by Gasteiger charge is -2.24. The molecule has 106 valence electrons. The monoisotopic (exact) mass is 271 g/mol. The number of methoxy groups -OCH3 is 1. The Labute approximate surface area is 120 Å². The predicted molar refractivity (Wildman–Crippen MR) is 82.8 cm³/mol. The number of nitrogens with zero attached hydrogens (tertiary/aromatic N) is 2. The van der Waals surface area contributed by atoms with Crippen molar-refractivity contribution in [3.05, 3.63) is 47.8 Å². The van der Waals surface area contributed by atoms with Crippen molar-refractivity contribution in [1.29, 1.82) is 0 Å². The Bertz CT molecular complexity index is 584. The number of anilines is 2. The van der Waals surface area contributed by atoms with Gasteiger partial charge in [0.25, 0.3) is 0 Å². The Morgan fingerprint density at radius 2 is 2.00 bits per heavy atom. The van der Waals surface area contributed by atoms with Gasteiger partial charge in [0.05, 0.1) is 12.8 Å². The highest BCUT2D eigenvalue weighted by atomic mass is 16.5. The van der Waals surface area contributed by atoms with Gasteiger partial charge >= 0.3 is 0 Å². The van der Waals surface area contributed by atoms with Gasteiger partial charge < -0.3 is 15.0 Å². The number of benzene rings is 1. The van der Waals surface area contributed by atoms with E-state index >= 15 is 0 Å². The SMILES string of the molecule is CNCc1cnc(C)cc1N(C)c1ccccc1OC. The molecular formula is C16H21N3O. The highest BCUT2D eigenvalue weighted by Gasteiger charge is 2.13.